The van der Waals surface area contributed by atoms with Gasteiger partial charge in [-0.2, -0.15) is 0 Å². The van der Waals surface area contributed by atoms with Gasteiger partial charge in [0.1, 0.15) is 5.03 Å². The lowest BCUT2D eigenvalue weighted by Gasteiger charge is -2.14. The summed E-state index contributed by atoms with van der Waals surface area (Å²) in [6, 6.07) is 0. The van der Waals surface area contributed by atoms with Crippen molar-refractivity contribution in [2.45, 2.75) is 17.7 Å². The lowest BCUT2D eigenvalue weighted by Crippen LogP contribution is -2.12. The Morgan fingerprint density at radius 1 is 1.40 bits per heavy atom. The van der Waals surface area contributed by atoms with Gasteiger partial charge in [0, 0.05) is 0 Å². The Balaban J connectivity index is 4.49. The van der Waals surface area contributed by atoms with E-state index in [0.29, 0.717) is 6.42 Å². The Kier molecular flexibility index (Phi) is 3.63. The van der Waals surface area contributed by atoms with Crippen LogP contribution in [0.5, 0.6) is 0 Å². The zero-order chi connectivity index (χ0) is 8.36. The molecule has 60 valence electrons. The predicted octanol–water partition coefficient (Wildman–Crippen LogP) is 3.09. The van der Waals surface area contributed by atoms with Crippen molar-refractivity contribution in [3.8, 4) is 0 Å². The number of alkyl halides is 2. The van der Waals surface area contributed by atoms with Gasteiger partial charge < -0.3 is 10.2 Å². The molecule has 0 spiro atoms. The third-order valence-corrected chi connectivity index (χ3v) is 2.56. The molecule has 0 bridgehead atoms. The fraction of sp³-hybridized carbons (Fsp3) is 0.600. The summed E-state index contributed by atoms with van der Waals surface area (Å²) in [7, 11) is 0. The summed E-state index contributed by atoms with van der Waals surface area (Å²) in [5, 5.41) is 16.5. The van der Waals surface area contributed by atoms with Crippen LogP contribution in [-0.4, -0.2) is 14.5 Å². The number of hydrogen-bond donors (Lipinski definition) is 2. The fourth-order valence-electron chi connectivity index (χ4n) is 0.319. The maximum absolute atomic E-state index is 8.42. The minimum Gasteiger partial charge on any atom is -0.480 e. The van der Waals surface area contributed by atoms with Crippen LogP contribution < -0.4 is 0 Å². The number of halogens is 3. The van der Waals surface area contributed by atoms with E-state index in [2.05, 4.69) is 0 Å². The monoisotopic (exact) mass is 204 g/mol. The zero-order valence-electron chi connectivity index (χ0n) is 5.24. The molecule has 0 aromatic rings. The minimum absolute atomic E-state index is 0.305. The topological polar surface area (TPSA) is 40.5 Å². The maximum atomic E-state index is 8.42. The Labute approximate surface area is 74.0 Å². The third-order valence-electron chi connectivity index (χ3n) is 0.961. The zero-order valence-corrected chi connectivity index (χ0v) is 7.50. The van der Waals surface area contributed by atoms with Crippen LogP contribution in [0.4, 0.5) is 0 Å². The predicted molar refractivity (Wildman–Crippen MR) is 42.9 cm³/mol. The van der Waals surface area contributed by atoms with Crippen molar-refractivity contribution in [1.29, 1.82) is 0 Å². The third kappa shape index (κ3) is 2.45. The van der Waals surface area contributed by atoms with Crippen molar-refractivity contribution < 1.29 is 10.2 Å². The first-order valence-corrected chi connectivity index (χ1v) is 3.71. The van der Waals surface area contributed by atoms with Crippen molar-refractivity contribution in [1.82, 2.24) is 0 Å². The molecule has 0 radical (unpaired) electrons. The molecule has 0 aliphatic carbocycles. The molecule has 0 aliphatic heterocycles. The molecule has 2 N–H and O–H groups in total. The molecule has 0 aromatic heterocycles. The molecule has 2 nitrogen and oxygen atoms in total. The summed E-state index contributed by atoms with van der Waals surface area (Å²) in [6.45, 7) is 1.67. The van der Waals surface area contributed by atoms with Crippen LogP contribution in [0.15, 0.2) is 11.0 Å². The van der Waals surface area contributed by atoms with E-state index < -0.39 is 10.3 Å². The Morgan fingerprint density at radius 2 is 1.80 bits per heavy atom. The van der Waals surface area contributed by atoms with E-state index >= 15 is 0 Å². The van der Waals surface area contributed by atoms with E-state index in [1.807, 2.05) is 0 Å². The number of allylic oxidation sites excluding steroid dienone is 1. The first kappa shape index (κ1) is 10.2. The molecule has 0 unspecified atom stereocenters. The second kappa shape index (κ2) is 3.56. The van der Waals surface area contributed by atoms with Crippen molar-refractivity contribution in [2.24, 2.45) is 0 Å². The van der Waals surface area contributed by atoms with Gasteiger partial charge >= 0.3 is 0 Å². The number of hydrogen-bond acceptors (Lipinski definition) is 2. The highest BCUT2D eigenvalue weighted by Crippen LogP contribution is 2.36. The second-order valence-corrected chi connectivity index (χ2v) is 3.56. The van der Waals surface area contributed by atoms with E-state index in [1.54, 1.807) is 6.92 Å². The summed E-state index contributed by atoms with van der Waals surface area (Å²) in [4.78, 5) is 0. The van der Waals surface area contributed by atoms with Crippen LogP contribution in [0.3, 0.4) is 0 Å². The van der Waals surface area contributed by atoms with Crippen molar-refractivity contribution in [3.05, 3.63) is 11.0 Å². The molecule has 10 heavy (non-hydrogen) atoms. The standard InChI is InChI=1S/C5H7Cl3O2/c1-2-5(7,8)3(6)4(9)10/h9-10H,2H2,1H3. The molecule has 0 saturated heterocycles. The largest absolute Gasteiger partial charge is 0.480 e. The van der Waals surface area contributed by atoms with E-state index in [1.165, 1.54) is 0 Å². The summed E-state index contributed by atoms with van der Waals surface area (Å²) >= 11 is 16.4. The SMILES string of the molecule is CCC(Cl)(Cl)C(Cl)=C(O)O. The van der Waals surface area contributed by atoms with Gasteiger partial charge in [0.25, 0.3) is 5.95 Å². The van der Waals surface area contributed by atoms with Crippen molar-refractivity contribution in [2.75, 3.05) is 0 Å². The van der Waals surface area contributed by atoms with Crippen LogP contribution in [0.2, 0.25) is 0 Å². The minimum atomic E-state index is -1.39. The lowest BCUT2D eigenvalue weighted by atomic mass is 10.3. The molecule has 0 aliphatic rings. The van der Waals surface area contributed by atoms with E-state index in [4.69, 9.17) is 45.0 Å². The summed E-state index contributed by atoms with van der Waals surface area (Å²) in [5.74, 6) is -1.03. The highest BCUT2D eigenvalue weighted by atomic mass is 35.5. The molecular formula is C5H7Cl3O2. The van der Waals surface area contributed by atoms with Gasteiger partial charge in [-0.1, -0.05) is 41.7 Å². The maximum Gasteiger partial charge on any atom is 0.292 e. The van der Waals surface area contributed by atoms with Gasteiger partial charge in [-0.25, -0.2) is 0 Å². The van der Waals surface area contributed by atoms with E-state index in [-0.39, 0.29) is 5.03 Å². The molecule has 0 aromatic carbocycles. The number of aliphatic hydroxyl groups excluding tert-OH is 1. The van der Waals surface area contributed by atoms with E-state index in [0.717, 1.165) is 0 Å². The highest BCUT2D eigenvalue weighted by Gasteiger charge is 2.29. The van der Waals surface area contributed by atoms with Crippen LogP contribution in [0, 0.1) is 0 Å². The Hall–Kier alpha value is 0.210. The Morgan fingerprint density at radius 3 is 1.90 bits per heavy atom. The molecule has 0 fully saturated rings. The van der Waals surface area contributed by atoms with Gasteiger partial charge in [-0.15, -0.1) is 0 Å². The van der Waals surface area contributed by atoms with Crippen LogP contribution in [0.25, 0.3) is 0 Å². The summed E-state index contributed by atoms with van der Waals surface area (Å²) in [5.41, 5.74) is 0. The van der Waals surface area contributed by atoms with Crippen LogP contribution in [0.1, 0.15) is 13.3 Å². The van der Waals surface area contributed by atoms with Gasteiger partial charge in [0.2, 0.25) is 0 Å². The van der Waals surface area contributed by atoms with Gasteiger partial charge in [-0.05, 0) is 6.42 Å². The molecule has 5 heteroatoms. The molecular weight excluding hydrogens is 198 g/mol. The first-order valence-electron chi connectivity index (χ1n) is 2.57. The number of aliphatic hydroxyl groups is 2. The molecule has 0 atom stereocenters. The quantitative estimate of drug-likeness (QED) is 0.537. The smallest absolute Gasteiger partial charge is 0.292 e. The van der Waals surface area contributed by atoms with Gasteiger partial charge in [0.05, 0.1) is 0 Å². The van der Waals surface area contributed by atoms with Gasteiger partial charge in [0.15, 0.2) is 4.33 Å². The number of rotatable bonds is 2. The Bertz CT molecular complexity index is 149. The molecule has 0 amide bonds. The average molecular weight is 205 g/mol. The van der Waals surface area contributed by atoms with E-state index in [9.17, 15) is 0 Å². The summed E-state index contributed by atoms with van der Waals surface area (Å²) in [6.07, 6.45) is 0.305. The van der Waals surface area contributed by atoms with Crippen molar-refractivity contribution in [3.63, 3.8) is 0 Å². The van der Waals surface area contributed by atoms with Crippen LogP contribution in [-0.2, 0) is 0 Å². The molecule has 0 heterocycles. The first-order chi connectivity index (χ1) is 4.41. The van der Waals surface area contributed by atoms with Gasteiger partial charge in [-0.3, -0.25) is 0 Å². The normalized spacial score (nSPS) is 11.2. The average Bonchev–Trinajstić information content (AvgIpc) is 1.86. The lowest BCUT2D eigenvalue weighted by molar-refractivity contribution is 0.186. The fourth-order valence-corrected chi connectivity index (χ4v) is 0.621. The summed E-state index contributed by atoms with van der Waals surface area (Å²) < 4.78 is -1.39. The second-order valence-electron chi connectivity index (χ2n) is 1.70. The van der Waals surface area contributed by atoms with Crippen LogP contribution >= 0.6 is 34.8 Å². The highest BCUT2D eigenvalue weighted by molar-refractivity contribution is 6.56. The molecule has 0 rings (SSSR count). The van der Waals surface area contributed by atoms with Crippen molar-refractivity contribution >= 4 is 34.8 Å². The molecule has 0 saturated carbocycles.